The Morgan fingerprint density at radius 1 is 1.15 bits per heavy atom. The molecule has 2 aliphatic rings. The van der Waals surface area contributed by atoms with Gasteiger partial charge in [-0.15, -0.1) is 0 Å². The average molecular weight is 354 g/mol. The molecule has 1 atom stereocenters. The van der Waals surface area contributed by atoms with Crippen molar-refractivity contribution in [1.82, 2.24) is 9.80 Å². The second-order valence-corrected chi connectivity index (χ2v) is 7.75. The van der Waals surface area contributed by atoms with Crippen LogP contribution >= 0.6 is 0 Å². The minimum atomic E-state index is 0.132. The van der Waals surface area contributed by atoms with Crippen LogP contribution in [-0.2, 0) is 9.59 Å². The second kappa shape index (κ2) is 8.63. The smallest absolute Gasteiger partial charge is 0.227 e. The fraction of sp³-hybridized carbons (Fsp3) is 0.545. The highest BCUT2D eigenvalue weighted by atomic mass is 16.2. The Kier molecular flexibility index (Phi) is 6.25. The van der Waals surface area contributed by atoms with Crippen molar-refractivity contribution in [1.29, 1.82) is 0 Å². The van der Waals surface area contributed by atoms with E-state index in [4.69, 9.17) is 0 Å². The van der Waals surface area contributed by atoms with Gasteiger partial charge in [-0.05, 0) is 63.9 Å². The number of likely N-dealkylation sites (tertiary alicyclic amines) is 1. The molecule has 0 unspecified atom stereocenters. The van der Waals surface area contributed by atoms with E-state index in [1.54, 1.807) is 0 Å². The van der Waals surface area contributed by atoms with Gasteiger partial charge < -0.3 is 9.80 Å². The number of benzene rings is 1. The Bertz CT molecular complexity index is 679. The standard InChI is InChI=1S/C22H30N2O2/c1-23(2)15-13-18-10-6-7-14-24(18)22(26)16-20-19(11-12-21(20)25)17-8-4-3-5-9-17/h3-5,8-9,18H,6-7,10-16H2,1-2H3/t18-/m1/s1. The molecule has 0 aromatic heterocycles. The molecule has 0 spiro atoms. The van der Waals surface area contributed by atoms with Crippen LogP contribution in [0, 0.1) is 0 Å². The molecule has 1 aromatic rings. The first-order chi connectivity index (χ1) is 12.6. The highest BCUT2D eigenvalue weighted by molar-refractivity contribution is 6.10. The van der Waals surface area contributed by atoms with Crippen LogP contribution in [0.25, 0.3) is 5.57 Å². The topological polar surface area (TPSA) is 40.6 Å². The van der Waals surface area contributed by atoms with Gasteiger partial charge in [-0.2, -0.15) is 0 Å². The summed E-state index contributed by atoms with van der Waals surface area (Å²) in [5.41, 5.74) is 2.91. The number of amides is 1. The van der Waals surface area contributed by atoms with Gasteiger partial charge in [0.15, 0.2) is 5.78 Å². The summed E-state index contributed by atoms with van der Waals surface area (Å²) in [6.45, 7) is 1.82. The predicted molar refractivity (Wildman–Crippen MR) is 105 cm³/mol. The van der Waals surface area contributed by atoms with Crippen molar-refractivity contribution in [3.8, 4) is 0 Å². The van der Waals surface area contributed by atoms with Gasteiger partial charge in [-0.3, -0.25) is 9.59 Å². The fourth-order valence-electron chi connectivity index (χ4n) is 4.16. The molecular weight excluding hydrogens is 324 g/mol. The number of allylic oxidation sites excluding steroid dienone is 1. The molecular formula is C22H30N2O2. The molecule has 3 rings (SSSR count). The van der Waals surface area contributed by atoms with Crippen LogP contribution in [0.3, 0.4) is 0 Å². The highest BCUT2D eigenvalue weighted by Crippen LogP contribution is 2.34. The van der Waals surface area contributed by atoms with Gasteiger partial charge in [0, 0.05) is 24.6 Å². The lowest BCUT2D eigenvalue weighted by molar-refractivity contribution is -0.135. The maximum Gasteiger partial charge on any atom is 0.227 e. The molecule has 0 N–H and O–H groups in total. The van der Waals surface area contributed by atoms with Crippen molar-refractivity contribution in [3.63, 3.8) is 0 Å². The summed E-state index contributed by atoms with van der Waals surface area (Å²) in [6, 6.07) is 10.4. The zero-order chi connectivity index (χ0) is 18.5. The molecule has 1 heterocycles. The van der Waals surface area contributed by atoms with E-state index in [2.05, 4.69) is 19.0 Å². The van der Waals surface area contributed by atoms with Gasteiger partial charge in [0.2, 0.25) is 5.91 Å². The zero-order valence-corrected chi connectivity index (χ0v) is 16.0. The molecule has 140 valence electrons. The summed E-state index contributed by atoms with van der Waals surface area (Å²) < 4.78 is 0. The van der Waals surface area contributed by atoms with Crippen molar-refractivity contribution in [3.05, 3.63) is 41.5 Å². The van der Waals surface area contributed by atoms with Crippen LogP contribution in [0.5, 0.6) is 0 Å². The summed E-state index contributed by atoms with van der Waals surface area (Å²) >= 11 is 0. The lowest BCUT2D eigenvalue weighted by Gasteiger charge is -2.36. The monoisotopic (exact) mass is 354 g/mol. The van der Waals surface area contributed by atoms with Crippen molar-refractivity contribution in [2.75, 3.05) is 27.2 Å². The van der Waals surface area contributed by atoms with E-state index < -0.39 is 0 Å². The largest absolute Gasteiger partial charge is 0.339 e. The molecule has 1 aliphatic heterocycles. The Balaban J connectivity index is 1.75. The first kappa shape index (κ1) is 18.8. The van der Waals surface area contributed by atoms with Gasteiger partial charge in [-0.1, -0.05) is 30.3 Å². The van der Waals surface area contributed by atoms with E-state index in [1.807, 2.05) is 35.2 Å². The molecule has 1 amide bonds. The Morgan fingerprint density at radius 2 is 1.92 bits per heavy atom. The number of nitrogens with zero attached hydrogens (tertiary/aromatic N) is 2. The van der Waals surface area contributed by atoms with Crippen LogP contribution in [0.2, 0.25) is 0 Å². The van der Waals surface area contributed by atoms with Gasteiger partial charge in [0.05, 0.1) is 6.42 Å². The third-order valence-electron chi connectivity index (χ3n) is 5.61. The summed E-state index contributed by atoms with van der Waals surface area (Å²) in [5, 5.41) is 0. The van der Waals surface area contributed by atoms with Gasteiger partial charge >= 0.3 is 0 Å². The van der Waals surface area contributed by atoms with Crippen molar-refractivity contribution in [2.45, 2.75) is 51.0 Å². The van der Waals surface area contributed by atoms with Crippen LogP contribution < -0.4 is 0 Å². The van der Waals surface area contributed by atoms with Crippen LogP contribution in [0.15, 0.2) is 35.9 Å². The van der Waals surface area contributed by atoms with Crippen molar-refractivity contribution in [2.24, 2.45) is 0 Å². The normalized spacial score (nSPS) is 21.0. The first-order valence-corrected chi connectivity index (χ1v) is 9.81. The second-order valence-electron chi connectivity index (χ2n) is 7.75. The van der Waals surface area contributed by atoms with E-state index in [1.165, 1.54) is 6.42 Å². The summed E-state index contributed by atoms with van der Waals surface area (Å²) in [7, 11) is 4.15. The molecule has 1 saturated heterocycles. The van der Waals surface area contributed by atoms with Gasteiger partial charge in [0.25, 0.3) is 0 Å². The minimum Gasteiger partial charge on any atom is -0.339 e. The first-order valence-electron chi connectivity index (χ1n) is 9.81. The number of rotatable bonds is 6. The maximum absolute atomic E-state index is 13.1. The number of carbonyl (C=O) groups excluding carboxylic acids is 2. The molecule has 4 nitrogen and oxygen atoms in total. The van der Waals surface area contributed by atoms with Crippen LogP contribution in [0.1, 0.15) is 50.5 Å². The molecule has 4 heteroatoms. The average Bonchev–Trinajstić information content (AvgIpc) is 3.01. The summed E-state index contributed by atoms with van der Waals surface area (Å²) in [4.78, 5) is 29.7. The Labute approximate surface area is 156 Å². The summed E-state index contributed by atoms with van der Waals surface area (Å²) in [5.74, 6) is 0.284. The molecule has 1 aromatic carbocycles. The van der Waals surface area contributed by atoms with E-state index in [0.717, 1.165) is 55.5 Å². The van der Waals surface area contributed by atoms with Crippen LogP contribution in [-0.4, -0.2) is 54.7 Å². The molecule has 1 aliphatic carbocycles. The molecule has 0 radical (unpaired) electrons. The van der Waals surface area contributed by atoms with E-state index in [9.17, 15) is 9.59 Å². The number of ketones is 1. The van der Waals surface area contributed by atoms with Gasteiger partial charge in [-0.25, -0.2) is 0 Å². The zero-order valence-electron chi connectivity index (χ0n) is 16.0. The Hall–Kier alpha value is -1.94. The van der Waals surface area contributed by atoms with E-state index in [-0.39, 0.29) is 18.1 Å². The van der Waals surface area contributed by atoms with E-state index >= 15 is 0 Å². The maximum atomic E-state index is 13.1. The van der Waals surface area contributed by atoms with Gasteiger partial charge in [0.1, 0.15) is 0 Å². The van der Waals surface area contributed by atoms with Crippen molar-refractivity contribution < 1.29 is 9.59 Å². The quantitative estimate of drug-likeness (QED) is 0.785. The molecule has 0 saturated carbocycles. The van der Waals surface area contributed by atoms with Crippen LogP contribution in [0.4, 0.5) is 0 Å². The predicted octanol–water partition coefficient (Wildman–Crippen LogP) is 3.53. The fourth-order valence-corrected chi connectivity index (χ4v) is 4.16. The van der Waals surface area contributed by atoms with Crippen molar-refractivity contribution >= 4 is 17.3 Å². The number of carbonyl (C=O) groups is 2. The highest BCUT2D eigenvalue weighted by Gasteiger charge is 2.31. The Morgan fingerprint density at radius 3 is 2.65 bits per heavy atom. The van der Waals surface area contributed by atoms with E-state index in [0.29, 0.717) is 12.5 Å². The lowest BCUT2D eigenvalue weighted by Crippen LogP contribution is -2.45. The SMILES string of the molecule is CN(C)CC[C@H]1CCCCN1C(=O)CC1=C(c2ccccc2)CCC1=O. The number of Topliss-reactive ketones (excluding diaryl/α,β-unsaturated/α-hetero) is 1. The minimum absolute atomic E-state index is 0.132. The molecule has 0 bridgehead atoms. The lowest BCUT2D eigenvalue weighted by atomic mass is 9.96. The third kappa shape index (κ3) is 4.42. The summed E-state index contributed by atoms with van der Waals surface area (Å²) in [6.07, 6.45) is 5.92. The number of piperidine rings is 1. The molecule has 1 fully saturated rings. The molecule has 26 heavy (non-hydrogen) atoms. The number of hydrogen-bond donors (Lipinski definition) is 0. The third-order valence-corrected chi connectivity index (χ3v) is 5.61. The number of hydrogen-bond acceptors (Lipinski definition) is 3.